The van der Waals surface area contributed by atoms with Crippen molar-refractivity contribution in [2.24, 2.45) is 11.8 Å². The Morgan fingerprint density at radius 1 is 1.22 bits per heavy atom. The van der Waals surface area contributed by atoms with Gasteiger partial charge in [0, 0.05) is 12.0 Å². The molecule has 1 amide bonds. The zero-order valence-corrected chi connectivity index (χ0v) is 13.3. The highest BCUT2D eigenvalue weighted by molar-refractivity contribution is 5.89. The molecule has 1 fully saturated rings. The molecule has 1 aromatic carbocycles. The lowest BCUT2D eigenvalue weighted by Gasteiger charge is -2.28. The maximum Gasteiger partial charge on any atom is 0.307 e. The fraction of sp³-hybridized carbons (Fsp3) is 0.529. The van der Waals surface area contributed by atoms with Gasteiger partial charge < -0.3 is 19.9 Å². The van der Waals surface area contributed by atoms with Crippen molar-refractivity contribution >= 4 is 11.9 Å². The Balaban J connectivity index is 1.63. The molecule has 3 rings (SSSR count). The van der Waals surface area contributed by atoms with E-state index >= 15 is 0 Å². The lowest BCUT2D eigenvalue weighted by atomic mass is 9.84. The normalized spacial score (nSPS) is 22.3. The smallest absolute Gasteiger partial charge is 0.307 e. The summed E-state index contributed by atoms with van der Waals surface area (Å²) in [6, 6.07) is 5.80. The van der Waals surface area contributed by atoms with Gasteiger partial charge in [-0.1, -0.05) is 19.9 Å². The van der Waals surface area contributed by atoms with E-state index in [4.69, 9.17) is 14.6 Å². The molecule has 2 atom stereocenters. The number of carbonyl (C=O) groups is 2. The number of amides is 1. The summed E-state index contributed by atoms with van der Waals surface area (Å²) in [6.07, 6.45) is 0.436. The van der Waals surface area contributed by atoms with E-state index in [9.17, 15) is 9.59 Å². The third kappa shape index (κ3) is 3.25. The number of hydrogen-bond acceptors (Lipinski definition) is 4. The highest BCUT2D eigenvalue weighted by atomic mass is 16.6. The number of carboxylic acids is 1. The first-order valence-electron chi connectivity index (χ1n) is 7.79. The highest BCUT2D eigenvalue weighted by Gasteiger charge is 2.48. The van der Waals surface area contributed by atoms with Gasteiger partial charge >= 0.3 is 5.97 Å². The predicted molar refractivity (Wildman–Crippen MR) is 82.7 cm³/mol. The van der Waals surface area contributed by atoms with E-state index in [0.717, 1.165) is 17.1 Å². The summed E-state index contributed by atoms with van der Waals surface area (Å²) in [5, 5.41) is 11.8. The van der Waals surface area contributed by atoms with E-state index in [-0.39, 0.29) is 17.2 Å². The van der Waals surface area contributed by atoms with Gasteiger partial charge in [0.05, 0.1) is 11.8 Å². The number of benzene rings is 1. The van der Waals surface area contributed by atoms with Crippen molar-refractivity contribution in [3.63, 3.8) is 0 Å². The van der Waals surface area contributed by atoms with Crippen molar-refractivity contribution < 1.29 is 24.2 Å². The quantitative estimate of drug-likeness (QED) is 0.860. The fourth-order valence-corrected chi connectivity index (χ4v) is 2.76. The van der Waals surface area contributed by atoms with Gasteiger partial charge in [0.1, 0.15) is 13.2 Å². The fourth-order valence-electron chi connectivity index (χ4n) is 2.76. The Morgan fingerprint density at radius 2 is 1.91 bits per heavy atom. The first-order chi connectivity index (χ1) is 10.9. The summed E-state index contributed by atoms with van der Waals surface area (Å²) in [7, 11) is 0. The second-order valence-electron chi connectivity index (χ2n) is 6.75. The van der Waals surface area contributed by atoms with Crippen molar-refractivity contribution in [1.82, 2.24) is 5.32 Å². The van der Waals surface area contributed by atoms with Crippen molar-refractivity contribution in [3.8, 4) is 11.5 Å². The van der Waals surface area contributed by atoms with Crippen LogP contribution < -0.4 is 14.8 Å². The van der Waals surface area contributed by atoms with Crippen LogP contribution in [0.3, 0.4) is 0 Å². The van der Waals surface area contributed by atoms with Crippen LogP contribution in [0.15, 0.2) is 18.2 Å². The maximum absolute atomic E-state index is 12.0. The monoisotopic (exact) mass is 319 g/mol. The molecule has 0 spiro atoms. The number of carboxylic acid groups (broad SMARTS) is 1. The molecule has 2 N–H and O–H groups in total. The van der Waals surface area contributed by atoms with Gasteiger partial charge in [-0.05, 0) is 24.1 Å². The second kappa shape index (κ2) is 5.76. The average Bonchev–Trinajstić information content (AvgIpc) is 3.33. The lowest BCUT2D eigenvalue weighted by molar-refractivity contribution is -0.140. The molecule has 1 aliphatic heterocycles. The third-order valence-corrected chi connectivity index (χ3v) is 4.47. The van der Waals surface area contributed by atoms with Gasteiger partial charge in [0.25, 0.3) is 0 Å². The topological polar surface area (TPSA) is 84.9 Å². The van der Waals surface area contributed by atoms with Gasteiger partial charge in [-0.2, -0.15) is 0 Å². The SMILES string of the molecule is CC(C)(CNC(=O)[C@H]1C[C@@H]1C(=O)O)c1ccc2c(c1)OCCO2. The molecule has 0 aromatic heterocycles. The number of carbonyl (C=O) groups excluding carboxylic acids is 1. The zero-order chi connectivity index (χ0) is 16.6. The minimum absolute atomic E-state index is 0.178. The predicted octanol–water partition coefficient (Wildman–Crippen LogP) is 1.57. The van der Waals surface area contributed by atoms with Gasteiger partial charge in [-0.25, -0.2) is 0 Å². The number of ether oxygens (including phenoxy) is 2. The number of aliphatic carboxylic acids is 1. The van der Waals surface area contributed by atoms with Gasteiger partial charge in [0.2, 0.25) is 5.91 Å². The van der Waals surface area contributed by atoms with Crippen LogP contribution in [0.5, 0.6) is 11.5 Å². The van der Waals surface area contributed by atoms with E-state index in [1.54, 1.807) is 0 Å². The Labute approximate surface area is 134 Å². The molecule has 0 radical (unpaired) electrons. The lowest BCUT2D eigenvalue weighted by Crippen LogP contribution is -2.38. The molecular formula is C17H21NO5. The van der Waals surface area contributed by atoms with E-state index in [1.165, 1.54) is 0 Å². The first-order valence-corrected chi connectivity index (χ1v) is 7.79. The molecule has 0 saturated heterocycles. The molecule has 0 unspecified atom stereocenters. The van der Waals surface area contributed by atoms with Crippen molar-refractivity contribution in [3.05, 3.63) is 23.8 Å². The zero-order valence-electron chi connectivity index (χ0n) is 13.3. The standard InChI is InChI=1S/C17H21NO5/c1-17(2,9-18-15(19)11-8-12(11)16(20)21)10-3-4-13-14(7-10)23-6-5-22-13/h3-4,7,11-12H,5-6,8-9H2,1-2H3,(H,18,19)(H,20,21)/t11-,12-/m0/s1. The second-order valence-corrected chi connectivity index (χ2v) is 6.75. The van der Waals surface area contributed by atoms with Crippen LogP contribution >= 0.6 is 0 Å². The van der Waals surface area contributed by atoms with Crippen molar-refractivity contribution in [2.45, 2.75) is 25.7 Å². The minimum Gasteiger partial charge on any atom is -0.486 e. The summed E-state index contributed by atoms with van der Waals surface area (Å²) in [4.78, 5) is 22.8. The Hall–Kier alpha value is -2.24. The molecule has 2 aliphatic rings. The molecular weight excluding hydrogens is 298 g/mol. The molecule has 1 saturated carbocycles. The largest absolute Gasteiger partial charge is 0.486 e. The molecule has 0 bridgehead atoms. The van der Waals surface area contributed by atoms with E-state index < -0.39 is 11.9 Å². The van der Waals surface area contributed by atoms with Gasteiger partial charge in [0.15, 0.2) is 11.5 Å². The molecule has 1 heterocycles. The van der Waals surface area contributed by atoms with Crippen LogP contribution in [0.4, 0.5) is 0 Å². The number of hydrogen-bond donors (Lipinski definition) is 2. The summed E-state index contributed by atoms with van der Waals surface area (Å²) in [5.74, 6) is -0.515. The van der Waals surface area contributed by atoms with E-state index in [0.29, 0.717) is 26.2 Å². The van der Waals surface area contributed by atoms with Crippen molar-refractivity contribution in [2.75, 3.05) is 19.8 Å². The molecule has 6 nitrogen and oxygen atoms in total. The Bertz CT molecular complexity index is 640. The van der Waals surface area contributed by atoms with Crippen LogP contribution in [0, 0.1) is 11.8 Å². The van der Waals surface area contributed by atoms with Gasteiger partial charge in [-0.15, -0.1) is 0 Å². The van der Waals surface area contributed by atoms with E-state index in [1.807, 2.05) is 32.0 Å². The Kier molecular flexibility index (Phi) is 3.92. The number of nitrogens with one attached hydrogen (secondary N) is 1. The van der Waals surface area contributed by atoms with Crippen molar-refractivity contribution in [1.29, 1.82) is 0 Å². The summed E-state index contributed by atoms with van der Waals surface area (Å²) in [6.45, 7) is 5.58. The minimum atomic E-state index is -0.892. The van der Waals surface area contributed by atoms with Crippen LogP contribution in [-0.4, -0.2) is 36.7 Å². The highest BCUT2D eigenvalue weighted by Crippen LogP contribution is 2.39. The molecule has 6 heteroatoms. The van der Waals surface area contributed by atoms with Crippen LogP contribution in [0.25, 0.3) is 0 Å². The maximum atomic E-state index is 12.0. The first kappa shape index (κ1) is 15.6. The summed E-state index contributed by atoms with van der Waals surface area (Å²) in [5.41, 5.74) is 0.742. The average molecular weight is 319 g/mol. The number of rotatable bonds is 5. The van der Waals surface area contributed by atoms with Crippen LogP contribution in [0.1, 0.15) is 25.8 Å². The Morgan fingerprint density at radius 3 is 2.57 bits per heavy atom. The van der Waals surface area contributed by atoms with Crippen LogP contribution in [-0.2, 0) is 15.0 Å². The van der Waals surface area contributed by atoms with Gasteiger partial charge in [-0.3, -0.25) is 9.59 Å². The summed E-state index contributed by atoms with van der Waals surface area (Å²) < 4.78 is 11.1. The molecule has 1 aromatic rings. The molecule has 124 valence electrons. The molecule has 23 heavy (non-hydrogen) atoms. The number of fused-ring (bicyclic) bond motifs is 1. The molecule has 1 aliphatic carbocycles. The third-order valence-electron chi connectivity index (χ3n) is 4.47. The summed E-state index contributed by atoms with van der Waals surface area (Å²) >= 11 is 0. The van der Waals surface area contributed by atoms with E-state index in [2.05, 4.69) is 5.32 Å². The van der Waals surface area contributed by atoms with Crippen LogP contribution in [0.2, 0.25) is 0 Å².